The van der Waals surface area contributed by atoms with E-state index in [0.717, 1.165) is 6.61 Å². The molecule has 0 aromatic rings. The summed E-state index contributed by atoms with van der Waals surface area (Å²) in [6.45, 7) is 10.4. The molecule has 0 heterocycles. The average molecular weight is 391 g/mol. The molecule has 122 valence electrons. The summed E-state index contributed by atoms with van der Waals surface area (Å²) in [5.74, 6) is 0. The van der Waals surface area contributed by atoms with Crippen molar-refractivity contribution < 1.29 is 3.07 Å². The molecule has 20 heavy (non-hydrogen) atoms. The van der Waals surface area contributed by atoms with Crippen molar-refractivity contribution in [2.45, 2.75) is 105 Å². The summed E-state index contributed by atoms with van der Waals surface area (Å²) < 4.78 is 11.0. The van der Waals surface area contributed by atoms with Gasteiger partial charge in [0.05, 0.1) is 0 Å². The Morgan fingerprint density at radius 1 is 0.550 bits per heavy atom. The van der Waals surface area contributed by atoms with Crippen LogP contribution in [0.15, 0.2) is 0 Å². The third-order valence-corrected chi connectivity index (χ3v) is 18.3. The van der Waals surface area contributed by atoms with Crippen LogP contribution < -0.4 is 0 Å². The number of unbranched alkanes of at least 4 members (excludes halogenated alkanes) is 6. The molecule has 0 aliphatic carbocycles. The maximum absolute atomic E-state index is 6.63. The number of rotatable bonds is 15. The van der Waals surface area contributed by atoms with Crippen LogP contribution in [0.3, 0.4) is 0 Å². The first-order valence-electron chi connectivity index (χ1n) is 9.38. The SMILES string of the molecule is CCCCCCCC[O][Sn]([CH2]CC)([CH2]CC)[CH2]CCC. The summed E-state index contributed by atoms with van der Waals surface area (Å²) in [5, 5.41) is 0. The minimum absolute atomic E-state index is 1.08. The molecule has 0 saturated heterocycles. The van der Waals surface area contributed by atoms with Gasteiger partial charge in [-0.05, 0) is 0 Å². The number of hydrogen-bond acceptors (Lipinski definition) is 1. The van der Waals surface area contributed by atoms with Gasteiger partial charge in [-0.15, -0.1) is 0 Å². The third-order valence-electron chi connectivity index (χ3n) is 4.30. The predicted molar refractivity (Wildman–Crippen MR) is 95.0 cm³/mol. The normalized spacial score (nSPS) is 12.0. The molecule has 0 bridgehead atoms. The van der Waals surface area contributed by atoms with Gasteiger partial charge in [0.2, 0.25) is 0 Å². The van der Waals surface area contributed by atoms with Gasteiger partial charge >= 0.3 is 134 Å². The molecule has 0 atom stereocenters. The minimum atomic E-state index is -2.21. The summed E-state index contributed by atoms with van der Waals surface area (Å²) in [6, 6.07) is 0. The second kappa shape index (κ2) is 14.7. The Kier molecular flexibility index (Phi) is 15.2. The molecular formula is C18H40OSn. The first kappa shape index (κ1) is 20.8. The first-order valence-corrected chi connectivity index (χ1v) is 16.6. The Balaban J connectivity index is 3.99. The Bertz CT molecular complexity index is 188. The van der Waals surface area contributed by atoms with E-state index in [1.807, 2.05) is 0 Å². The Hall–Kier alpha value is 0.759. The van der Waals surface area contributed by atoms with Gasteiger partial charge in [-0.1, -0.05) is 0 Å². The predicted octanol–water partition coefficient (Wildman–Crippen LogP) is 6.93. The van der Waals surface area contributed by atoms with E-state index in [2.05, 4.69) is 27.7 Å². The molecule has 0 rings (SSSR count). The summed E-state index contributed by atoms with van der Waals surface area (Å²) in [7, 11) is 0. The quantitative estimate of drug-likeness (QED) is 0.217. The fourth-order valence-electron chi connectivity index (χ4n) is 3.17. The van der Waals surface area contributed by atoms with Crippen molar-refractivity contribution in [1.29, 1.82) is 0 Å². The van der Waals surface area contributed by atoms with Crippen molar-refractivity contribution in [3.05, 3.63) is 0 Å². The maximum atomic E-state index is 6.63. The van der Waals surface area contributed by atoms with E-state index in [0.29, 0.717) is 0 Å². The van der Waals surface area contributed by atoms with Gasteiger partial charge in [0.15, 0.2) is 0 Å². The van der Waals surface area contributed by atoms with Crippen molar-refractivity contribution in [3.63, 3.8) is 0 Å². The molecule has 0 saturated carbocycles. The summed E-state index contributed by atoms with van der Waals surface area (Å²) in [6.07, 6.45) is 13.7. The molecule has 0 radical (unpaired) electrons. The molecular weight excluding hydrogens is 351 g/mol. The van der Waals surface area contributed by atoms with Gasteiger partial charge in [-0.25, -0.2) is 0 Å². The van der Waals surface area contributed by atoms with Crippen LogP contribution in [0.2, 0.25) is 13.3 Å². The van der Waals surface area contributed by atoms with E-state index in [1.54, 1.807) is 0 Å². The summed E-state index contributed by atoms with van der Waals surface area (Å²) in [5.41, 5.74) is 0. The molecule has 0 N–H and O–H groups in total. The van der Waals surface area contributed by atoms with Crippen molar-refractivity contribution in [2.75, 3.05) is 6.61 Å². The Labute approximate surface area is 133 Å². The van der Waals surface area contributed by atoms with E-state index in [-0.39, 0.29) is 0 Å². The van der Waals surface area contributed by atoms with E-state index >= 15 is 0 Å². The van der Waals surface area contributed by atoms with E-state index in [9.17, 15) is 0 Å². The zero-order valence-electron chi connectivity index (χ0n) is 14.8. The van der Waals surface area contributed by atoms with Crippen molar-refractivity contribution >= 4 is 18.8 Å². The van der Waals surface area contributed by atoms with Gasteiger partial charge in [-0.3, -0.25) is 0 Å². The van der Waals surface area contributed by atoms with Crippen LogP contribution in [-0.4, -0.2) is 25.4 Å². The van der Waals surface area contributed by atoms with Crippen LogP contribution in [0.25, 0.3) is 0 Å². The van der Waals surface area contributed by atoms with Crippen LogP contribution in [0.5, 0.6) is 0 Å². The van der Waals surface area contributed by atoms with E-state index in [4.69, 9.17) is 3.07 Å². The van der Waals surface area contributed by atoms with Gasteiger partial charge in [0, 0.05) is 0 Å². The molecule has 0 aliphatic heterocycles. The number of hydrogen-bond donors (Lipinski definition) is 0. The second-order valence-corrected chi connectivity index (χ2v) is 18.3. The van der Waals surface area contributed by atoms with Crippen molar-refractivity contribution in [2.24, 2.45) is 0 Å². The van der Waals surface area contributed by atoms with Crippen LogP contribution in [0.1, 0.15) is 91.9 Å². The molecule has 1 nitrogen and oxygen atoms in total. The van der Waals surface area contributed by atoms with Crippen molar-refractivity contribution in [1.82, 2.24) is 0 Å². The van der Waals surface area contributed by atoms with E-state index < -0.39 is 18.8 Å². The van der Waals surface area contributed by atoms with Gasteiger partial charge in [0.1, 0.15) is 0 Å². The van der Waals surface area contributed by atoms with Crippen LogP contribution in [-0.2, 0) is 3.07 Å². The van der Waals surface area contributed by atoms with E-state index in [1.165, 1.54) is 77.5 Å². The van der Waals surface area contributed by atoms with Crippen LogP contribution >= 0.6 is 0 Å². The summed E-state index contributed by atoms with van der Waals surface area (Å²) in [4.78, 5) is 0. The monoisotopic (exact) mass is 392 g/mol. The Morgan fingerprint density at radius 3 is 1.65 bits per heavy atom. The third kappa shape index (κ3) is 10.5. The van der Waals surface area contributed by atoms with Gasteiger partial charge < -0.3 is 0 Å². The zero-order valence-corrected chi connectivity index (χ0v) is 17.7. The molecule has 0 amide bonds. The topological polar surface area (TPSA) is 9.23 Å². The molecule has 0 unspecified atom stereocenters. The fourth-order valence-corrected chi connectivity index (χ4v) is 16.2. The zero-order chi connectivity index (χ0) is 15.1. The molecule has 0 aromatic heterocycles. The standard InChI is InChI=1S/C8H17O.C4H9.2C3H7.Sn/c1-2-3-4-5-6-7-8-9;1-3-4-2;2*1-3-2;/h2-8H2,1H3;1,3-4H2,2H3;2*1,3H2,2H3;/q-1;;;;+1. The first-order chi connectivity index (χ1) is 9.74. The van der Waals surface area contributed by atoms with Gasteiger partial charge in [-0.2, -0.15) is 0 Å². The van der Waals surface area contributed by atoms with Crippen LogP contribution in [0, 0.1) is 0 Å². The molecule has 0 fully saturated rings. The van der Waals surface area contributed by atoms with Crippen molar-refractivity contribution in [3.8, 4) is 0 Å². The summed E-state index contributed by atoms with van der Waals surface area (Å²) >= 11 is -2.21. The van der Waals surface area contributed by atoms with Gasteiger partial charge in [0.25, 0.3) is 0 Å². The Morgan fingerprint density at radius 2 is 1.10 bits per heavy atom. The van der Waals surface area contributed by atoms with Crippen LogP contribution in [0.4, 0.5) is 0 Å². The molecule has 0 aliphatic rings. The molecule has 0 aromatic carbocycles. The molecule has 2 heteroatoms. The fraction of sp³-hybridized carbons (Fsp3) is 1.00. The molecule has 0 spiro atoms. The second-order valence-electron chi connectivity index (χ2n) is 6.40. The average Bonchev–Trinajstić information content (AvgIpc) is 2.45.